The van der Waals surface area contributed by atoms with Crippen molar-refractivity contribution < 1.29 is 4.74 Å². The van der Waals surface area contributed by atoms with E-state index in [-0.39, 0.29) is 0 Å². The first-order valence-corrected chi connectivity index (χ1v) is 7.50. The van der Waals surface area contributed by atoms with Crippen LogP contribution in [-0.2, 0) is 6.54 Å². The third kappa shape index (κ3) is 2.82. The Morgan fingerprint density at radius 1 is 1.40 bits per heavy atom. The number of aromatic nitrogens is 3. The van der Waals surface area contributed by atoms with Crippen molar-refractivity contribution in [2.75, 3.05) is 24.4 Å². The van der Waals surface area contributed by atoms with Crippen molar-refractivity contribution in [3.63, 3.8) is 0 Å². The van der Waals surface area contributed by atoms with Crippen molar-refractivity contribution in [2.45, 2.75) is 25.4 Å². The van der Waals surface area contributed by atoms with E-state index in [0.717, 1.165) is 6.54 Å². The zero-order valence-electron chi connectivity index (χ0n) is 11.5. The van der Waals surface area contributed by atoms with Gasteiger partial charge in [0.1, 0.15) is 0 Å². The summed E-state index contributed by atoms with van der Waals surface area (Å²) in [5.74, 6) is 1.21. The van der Waals surface area contributed by atoms with Crippen molar-refractivity contribution in [3.05, 3.63) is 22.4 Å². The summed E-state index contributed by atoms with van der Waals surface area (Å²) < 4.78 is 5.16. The summed E-state index contributed by atoms with van der Waals surface area (Å²) in [7, 11) is 3.36. The molecule has 2 aromatic heterocycles. The molecule has 106 valence electrons. The molecule has 3 rings (SSSR count). The molecule has 0 atom stereocenters. The Morgan fingerprint density at radius 2 is 2.25 bits per heavy atom. The third-order valence-corrected chi connectivity index (χ3v) is 3.92. The molecule has 0 saturated heterocycles. The summed E-state index contributed by atoms with van der Waals surface area (Å²) in [4.78, 5) is 15.2. The second-order valence-corrected chi connectivity index (χ2v) is 5.47. The highest BCUT2D eigenvalue weighted by Crippen LogP contribution is 2.32. The molecule has 20 heavy (non-hydrogen) atoms. The number of thiophene rings is 1. The van der Waals surface area contributed by atoms with Crippen LogP contribution in [-0.4, -0.2) is 35.2 Å². The highest BCUT2D eigenvalue weighted by Gasteiger charge is 2.31. The highest BCUT2D eigenvalue weighted by atomic mass is 32.1. The number of ether oxygens (including phenoxy) is 1. The number of anilines is 2. The first-order valence-electron chi connectivity index (χ1n) is 6.55. The molecule has 0 unspecified atom stereocenters. The molecule has 0 bridgehead atoms. The van der Waals surface area contributed by atoms with Crippen LogP contribution in [0.25, 0.3) is 0 Å². The topological polar surface area (TPSA) is 63.2 Å². The molecule has 1 aliphatic carbocycles. The fraction of sp³-hybridized carbons (Fsp3) is 0.462. The summed E-state index contributed by atoms with van der Waals surface area (Å²) in [5.41, 5.74) is 1.28. The number of nitrogens with one attached hydrogen (secondary N) is 1. The van der Waals surface area contributed by atoms with Crippen molar-refractivity contribution in [1.29, 1.82) is 0 Å². The van der Waals surface area contributed by atoms with E-state index in [4.69, 9.17) is 4.74 Å². The summed E-state index contributed by atoms with van der Waals surface area (Å²) in [6, 6.07) is 3.00. The van der Waals surface area contributed by atoms with E-state index >= 15 is 0 Å². The average molecular weight is 291 g/mol. The molecule has 1 saturated carbocycles. The van der Waals surface area contributed by atoms with Gasteiger partial charge in [-0.05, 0) is 35.2 Å². The number of rotatable bonds is 6. The van der Waals surface area contributed by atoms with Crippen molar-refractivity contribution in [1.82, 2.24) is 15.0 Å². The Balaban J connectivity index is 1.90. The lowest BCUT2D eigenvalue weighted by molar-refractivity contribution is 0.378. The van der Waals surface area contributed by atoms with Gasteiger partial charge in [-0.1, -0.05) is 0 Å². The van der Waals surface area contributed by atoms with E-state index in [9.17, 15) is 0 Å². The molecule has 6 nitrogen and oxygen atoms in total. The van der Waals surface area contributed by atoms with Gasteiger partial charge in [0.25, 0.3) is 0 Å². The maximum Gasteiger partial charge on any atom is 0.322 e. The lowest BCUT2D eigenvalue weighted by Crippen LogP contribution is -2.27. The Bertz CT molecular complexity index is 548. The van der Waals surface area contributed by atoms with Gasteiger partial charge >= 0.3 is 6.01 Å². The summed E-state index contributed by atoms with van der Waals surface area (Å²) in [6.07, 6.45) is 2.38. The highest BCUT2D eigenvalue weighted by molar-refractivity contribution is 7.07. The predicted octanol–water partition coefficient (Wildman–Crippen LogP) is 2.15. The Kier molecular flexibility index (Phi) is 3.68. The molecule has 7 heteroatoms. The van der Waals surface area contributed by atoms with Gasteiger partial charge in [-0.3, -0.25) is 0 Å². The summed E-state index contributed by atoms with van der Waals surface area (Å²) in [5, 5.41) is 7.20. The molecule has 2 heterocycles. The van der Waals surface area contributed by atoms with Crippen LogP contribution >= 0.6 is 11.3 Å². The average Bonchev–Trinajstić information content (AvgIpc) is 3.20. The van der Waals surface area contributed by atoms with Crippen LogP contribution in [0.15, 0.2) is 16.8 Å². The van der Waals surface area contributed by atoms with Gasteiger partial charge in [0.05, 0.1) is 7.11 Å². The standard InChI is InChI=1S/C13H17N5OS/c1-14-11-15-12(17-13(16-11)19-2)18(10-3-4-10)7-9-5-6-20-8-9/h5-6,8,10H,3-4,7H2,1-2H3,(H,14,15,16,17). The van der Waals surface area contributed by atoms with Gasteiger partial charge in [-0.25, -0.2) is 0 Å². The van der Waals surface area contributed by atoms with Crippen molar-refractivity contribution >= 4 is 23.2 Å². The third-order valence-electron chi connectivity index (χ3n) is 3.19. The molecule has 0 aliphatic heterocycles. The van der Waals surface area contributed by atoms with Gasteiger partial charge < -0.3 is 15.0 Å². The maximum atomic E-state index is 5.16. The molecule has 1 N–H and O–H groups in total. The molecule has 1 aliphatic rings. The monoisotopic (exact) mass is 291 g/mol. The SMILES string of the molecule is CNc1nc(OC)nc(N(Cc2ccsc2)C2CC2)n1. The largest absolute Gasteiger partial charge is 0.467 e. The second kappa shape index (κ2) is 5.62. The normalized spacial score (nSPS) is 14.1. The number of nitrogens with zero attached hydrogens (tertiary/aromatic N) is 4. The van der Waals surface area contributed by atoms with Gasteiger partial charge in [-0.15, -0.1) is 0 Å². The van der Waals surface area contributed by atoms with E-state index < -0.39 is 0 Å². The predicted molar refractivity (Wildman–Crippen MR) is 79.4 cm³/mol. The van der Waals surface area contributed by atoms with E-state index in [1.807, 2.05) is 0 Å². The van der Waals surface area contributed by atoms with Crippen molar-refractivity contribution in [3.8, 4) is 6.01 Å². The van der Waals surface area contributed by atoms with E-state index in [1.54, 1.807) is 25.5 Å². The van der Waals surface area contributed by atoms with Gasteiger partial charge in [-0.2, -0.15) is 26.3 Å². The molecule has 2 aromatic rings. The lowest BCUT2D eigenvalue weighted by Gasteiger charge is -2.22. The van der Waals surface area contributed by atoms with E-state index in [2.05, 4.69) is 42.0 Å². The van der Waals surface area contributed by atoms with Crippen LogP contribution in [0.3, 0.4) is 0 Å². The minimum Gasteiger partial charge on any atom is -0.467 e. The first kappa shape index (κ1) is 13.1. The van der Waals surface area contributed by atoms with E-state index in [1.165, 1.54) is 18.4 Å². The van der Waals surface area contributed by atoms with Crippen LogP contribution in [0, 0.1) is 0 Å². The smallest absolute Gasteiger partial charge is 0.322 e. The van der Waals surface area contributed by atoms with E-state index in [0.29, 0.717) is 23.9 Å². The molecule has 0 aromatic carbocycles. The summed E-state index contributed by atoms with van der Waals surface area (Å²) >= 11 is 1.71. The Hall–Kier alpha value is -1.89. The number of hydrogen-bond acceptors (Lipinski definition) is 7. The minimum absolute atomic E-state index is 0.343. The molecule has 0 spiro atoms. The number of hydrogen-bond donors (Lipinski definition) is 1. The van der Waals surface area contributed by atoms with Crippen LogP contribution in [0.4, 0.5) is 11.9 Å². The fourth-order valence-electron chi connectivity index (χ4n) is 2.01. The Morgan fingerprint density at radius 3 is 2.85 bits per heavy atom. The lowest BCUT2D eigenvalue weighted by atomic mass is 10.3. The quantitative estimate of drug-likeness (QED) is 0.880. The van der Waals surface area contributed by atoms with Gasteiger partial charge in [0, 0.05) is 19.6 Å². The van der Waals surface area contributed by atoms with Crippen LogP contribution < -0.4 is 15.0 Å². The first-order chi connectivity index (χ1) is 9.80. The fourth-order valence-corrected chi connectivity index (χ4v) is 2.67. The second-order valence-electron chi connectivity index (χ2n) is 4.69. The molecule has 0 radical (unpaired) electrons. The minimum atomic E-state index is 0.343. The van der Waals surface area contributed by atoms with Gasteiger partial charge in [0.15, 0.2) is 0 Å². The Labute approximate surface area is 121 Å². The summed E-state index contributed by atoms with van der Waals surface area (Å²) in [6.45, 7) is 0.824. The molecular weight excluding hydrogens is 274 g/mol. The zero-order chi connectivity index (χ0) is 13.9. The van der Waals surface area contributed by atoms with Crippen LogP contribution in [0.5, 0.6) is 6.01 Å². The maximum absolute atomic E-state index is 5.16. The molecular formula is C13H17N5OS. The molecule has 1 fully saturated rings. The zero-order valence-corrected chi connectivity index (χ0v) is 12.4. The van der Waals surface area contributed by atoms with Crippen molar-refractivity contribution in [2.24, 2.45) is 0 Å². The molecule has 0 amide bonds. The van der Waals surface area contributed by atoms with Crippen LogP contribution in [0.1, 0.15) is 18.4 Å². The van der Waals surface area contributed by atoms with Gasteiger partial charge in [0.2, 0.25) is 11.9 Å². The number of methoxy groups -OCH3 is 1. The van der Waals surface area contributed by atoms with Crippen LogP contribution in [0.2, 0.25) is 0 Å².